The van der Waals surface area contributed by atoms with Crippen LogP contribution in [0.3, 0.4) is 0 Å². The first-order chi connectivity index (χ1) is 8.09. The molecule has 0 radical (unpaired) electrons. The predicted molar refractivity (Wildman–Crippen MR) is 68.6 cm³/mol. The molecule has 0 aliphatic heterocycles. The van der Waals surface area contributed by atoms with Crippen molar-refractivity contribution in [3.63, 3.8) is 0 Å². The third-order valence-corrected chi connectivity index (χ3v) is 3.97. The van der Waals surface area contributed by atoms with Gasteiger partial charge in [-0.2, -0.15) is 0 Å². The van der Waals surface area contributed by atoms with Crippen LogP contribution in [0.5, 0.6) is 0 Å². The number of nitrogen functional groups attached to an aromatic ring is 1. The maximum absolute atomic E-state index is 6.02. The Hall–Kier alpha value is -1.58. The summed E-state index contributed by atoms with van der Waals surface area (Å²) in [7, 11) is 0. The monoisotopic (exact) mass is 230 g/mol. The topological polar surface area (TPSA) is 56.7 Å². The summed E-state index contributed by atoms with van der Waals surface area (Å²) in [5, 5.41) is 0. The first kappa shape index (κ1) is 10.6. The molecule has 3 rings (SSSR count). The standard InChI is InChI=1S/C13H18N4/c1-9-4-7-15-11-10(9)16-12(14)17(11)8-13(2)5-3-6-13/h4,7H,3,5-6,8H2,1-2H3,(H2,14,16). The van der Waals surface area contributed by atoms with Gasteiger partial charge in [0, 0.05) is 12.7 Å². The second kappa shape index (κ2) is 3.45. The van der Waals surface area contributed by atoms with Crippen molar-refractivity contribution < 1.29 is 0 Å². The zero-order chi connectivity index (χ0) is 12.0. The number of anilines is 1. The molecule has 2 aromatic rings. The van der Waals surface area contributed by atoms with Crippen LogP contribution in [-0.2, 0) is 6.54 Å². The van der Waals surface area contributed by atoms with Crippen molar-refractivity contribution in [3.8, 4) is 0 Å². The van der Waals surface area contributed by atoms with E-state index < -0.39 is 0 Å². The fourth-order valence-corrected chi connectivity index (χ4v) is 2.63. The van der Waals surface area contributed by atoms with Crippen LogP contribution in [-0.4, -0.2) is 14.5 Å². The third-order valence-electron chi connectivity index (χ3n) is 3.97. The highest BCUT2D eigenvalue weighted by molar-refractivity contribution is 5.77. The van der Waals surface area contributed by atoms with Gasteiger partial charge in [-0.3, -0.25) is 4.57 Å². The zero-order valence-corrected chi connectivity index (χ0v) is 10.4. The predicted octanol–water partition coefficient (Wildman–Crippen LogP) is 2.51. The molecule has 1 aliphatic carbocycles. The number of nitrogens with zero attached hydrogens (tertiary/aromatic N) is 3. The fourth-order valence-electron chi connectivity index (χ4n) is 2.63. The molecule has 0 spiro atoms. The smallest absolute Gasteiger partial charge is 0.202 e. The number of imidazole rings is 1. The van der Waals surface area contributed by atoms with Gasteiger partial charge in [0.15, 0.2) is 5.65 Å². The summed E-state index contributed by atoms with van der Waals surface area (Å²) in [6.45, 7) is 5.30. The molecular formula is C13H18N4. The van der Waals surface area contributed by atoms with Gasteiger partial charge in [-0.1, -0.05) is 13.3 Å². The number of aryl methyl sites for hydroxylation is 1. The first-order valence-electron chi connectivity index (χ1n) is 6.16. The Labute approximate surface area is 101 Å². The van der Waals surface area contributed by atoms with Gasteiger partial charge < -0.3 is 5.73 Å². The van der Waals surface area contributed by atoms with Gasteiger partial charge in [0.25, 0.3) is 0 Å². The van der Waals surface area contributed by atoms with Crippen molar-refractivity contribution >= 4 is 17.1 Å². The van der Waals surface area contributed by atoms with Crippen molar-refractivity contribution in [2.75, 3.05) is 5.73 Å². The molecule has 4 nitrogen and oxygen atoms in total. The number of hydrogen-bond donors (Lipinski definition) is 1. The molecular weight excluding hydrogens is 212 g/mol. The van der Waals surface area contributed by atoms with Gasteiger partial charge in [-0.15, -0.1) is 0 Å². The molecule has 1 fully saturated rings. The van der Waals surface area contributed by atoms with E-state index in [1.165, 1.54) is 19.3 Å². The van der Waals surface area contributed by atoms with Crippen molar-refractivity contribution in [2.45, 2.75) is 39.7 Å². The van der Waals surface area contributed by atoms with Crippen molar-refractivity contribution in [3.05, 3.63) is 17.8 Å². The molecule has 1 saturated carbocycles. The van der Waals surface area contributed by atoms with Crippen LogP contribution < -0.4 is 5.73 Å². The normalized spacial score (nSPS) is 18.2. The van der Waals surface area contributed by atoms with Gasteiger partial charge >= 0.3 is 0 Å². The van der Waals surface area contributed by atoms with Crippen LogP contribution >= 0.6 is 0 Å². The number of nitrogens with two attached hydrogens (primary N) is 1. The average molecular weight is 230 g/mol. The minimum absolute atomic E-state index is 0.382. The number of rotatable bonds is 2. The lowest BCUT2D eigenvalue weighted by atomic mass is 9.70. The van der Waals surface area contributed by atoms with E-state index in [0.717, 1.165) is 23.3 Å². The van der Waals surface area contributed by atoms with Gasteiger partial charge in [-0.05, 0) is 36.8 Å². The average Bonchev–Trinajstić information content (AvgIpc) is 2.56. The zero-order valence-electron chi connectivity index (χ0n) is 10.4. The van der Waals surface area contributed by atoms with E-state index in [4.69, 9.17) is 5.73 Å². The summed E-state index contributed by atoms with van der Waals surface area (Å²) in [6, 6.07) is 1.98. The first-order valence-corrected chi connectivity index (χ1v) is 6.16. The molecule has 2 heterocycles. The Bertz CT molecular complexity index is 566. The SMILES string of the molecule is Cc1ccnc2c1nc(N)n2CC1(C)CCC1. The molecule has 0 bridgehead atoms. The Balaban J connectivity index is 2.09. The van der Waals surface area contributed by atoms with Gasteiger partial charge in [0.1, 0.15) is 5.52 Å². The van der Waals surface area contributed by atoms with Gasteiger partial charge in [-0.25, -0.2) is 9.97 Å². The number of pyridine rings is 1. The Morgan fingerprint density at radius 1 is 1.47 bits per heavy atom. The molecule has 17 heavy (non-hydrogen) atoms. The van der Waals surface area contributed by atoms with Crippen molar-refractivity contribution in [1.29, 1.82) is 0 Å². The van der Waals surface area contributed by atoms with Crippen molar-refractivity contribution in [1.82, 2.24) is 14.5 Å². The summed E-state index contributed by atoms with van der Waals surface area (Å²) in [5.74, 6) is 0.593. The maximum Gasteiger partial charge on any atom is 0.202 e. The lowest BCUT2D eigenvalue weighted by molar-refractivity contribution is 0.134. The van der Waals surface area contributed by atoms with E-state index in [-0.39, 0.29) is 0 Å². The lowest BCUT2D eigenvalue weighted by Gasteiger charge is -2.38. The summed E-state index contributed by atoms with van der Waals surface area (Å²) < 4.78 is 2.07. The second-order valence-electron chi connectivity index (χ2n) is 5.52. The Morgan fingerprint density at radius 3 is 2.88 bits per heavy atom. The summed E-state index contributed by atoms with van der Waals surface area (Å²) in [5.41, 5.74) is 9.40. The highest BCUT2D eigenvalue weighted by Gasteiger charge is 2.33. The Morgan fingerprint density at radius 2 is 2.24 bits per heavy atom. The molecule has 0 unspecified atom stereocenters. The van der Waals surface area contributed by atoms with Crippen LogP contribution in [0, 0.1) is 12.3 Å². The van der Waals surface area contributed by atoms with Crippen LogP contribution in [0.2, 0.25) is 0 Å². The highest BCUT2D eigenvalue weighted by Crippen LogP contribution is 2.42. The molecule has 0 aromatic carbocycles. The third kappa shape index (κ3) is 1.59. The largest absolute Gasteiger partial charge is 0.369 e. The fraction of sp³-hybridized carbons (Fsp3) is 0.538. The van der Waals surface area contributed by atoms with Crippen molar-refractivity contribution in [2.24, 2.45) is 5.41 Å². The van der Waals surface area contributed by atoms with E-state index in [0.29, 0.717) is 11.4 Å². The minimum Gasteiger partial charge on any atom is -0.369 e. The molecule has 4 heteroatoms. The van der Waals surface area contributed by atoms with E-state index >= 15 is 0 Å². The maximum atomic E-state index is 6.02. The molecule has 2 N–H and O–H groups in total. The van der Waals surface area contributed by atoms with E-state index in [2.05, 4.69) is 21.5 Å². The van der Waals surface area contributed by atoms with Crippen LogP contribution in [0.1, 0.15) is 31.7 Å². The van der Waals surface area contributed by atoms with E-state index in [1.54, 1.807) is 0 Å². The molecule has 1 aliphatic rings. The molecule has 0 amide bonds. The number of fused-ring (bicyclic) bond motifs is 1. The minimum atomic E-state index is 0.382. The molecule has 90 valence electrons. The van der Waals surface area contributed by atoms with E-state index in [1.807, 2.05) is 19.2 Å². The van der Waals surface area contributed by atoms with Gasteiger partial charge in [0.05, 0.1) is 0 Å². The molecule has 2 aromatic heterocycles. The summed E-state index contributed by atoms with van der Waals surface area (Å²) >= 11 is 0. The molecule has 0 saturated heterocycles. The van der Waals surface area contributed by atoms with E-state index in [9.17, 15) is 0 Å². The van der Waals surface area contributed by atoms with Crippen LogP contribution in [0.4, 0.5) is 5.95 Å². The second-order valence-corrected chi connectivity index (χ2v) is 5.52. The number of hydrogen-bond acceptors (Lipinski definition) is 3. The van der Waals surface area contributed by atoms with Gasteiger partial charge in [0.2, 0.25) is 5.95 Å². The highest BCUT2D eigenvalue weighted by atomic mass is 15.2. The lowest BCUT2D eigenvalue weighted by Crippen LogP contribution is -2.31. The summed E-state index contributed by atoms with van der Waals surface area (Å²) in [6.07, 6.45) is 5.71. The quantitative estimate of drug-likeness (QED) is 0.862. The Kier molecular flexibility index (Phi) is 2.15. The van der Waals surface area contributed by atoms with Crippen LogP contribution in [0.15, 0.2) is 12.3 Å². The van der Waals surface area contributed by atoms with Crippen LogP contribution in [0.25, 0.3) is 11.2 Å². The number of aromatic nitrogens is 3. The summed E-state index contributed by atoms with van der Waals surface area (Å²) in [4.78, 5) is 8.86. The molecule has 0 atom stereocenters.